The van der Waals surface area contributed by atoms with E-state index in [9.17, 15) is 23.1 Å². The van der Waals surface area contributed by atoms with Crippen LogP contribution in [-0.4, -0.2) is 79.6 Å². The zero-order valence-electron chi connectivity index (χ0n) is 26.0. The van der Waals surface area contributed by atoms with Gasteiger partial charge in [-0.15, -0.1) is 0 Å². The number of carboxylic acids is 1. The zero-order chi connectivity index (χ0) is 33.0. The van der Waals surface area contributed by atoms with Crippen molar-refractivity contribution < 1.29 is 32.6 Å². The molecule has 3 aromatic rings. The Bertz CT molecular complexity index is 1610. The Morgan fingerprint density at radius 1 is 1.02 bits per heavy atom. The van der Waals surface area contributed by atoms with Gasteiger partial charge in [0.2, 0.25) is 20.7 Å². The van der Waals surface area contributed by atoms with Gasteiger partial charge in [0.1, 0.15) is 11.5 Å². The van der Waals surface area contributed by atoms with Gasteiger partial charge in [-0.2, -0.15) is 0 Å². The number of carbonyl (C=O) groups excluding carboxylic acids is 1. The van der Waals surface area contributed by atoms with Gasteiger partial charge in [-0.1, -0.05) is 20.8 Å². The number of rotatable bonds is 11. The van der Waals surface area contributed by atoms with E-state index in [0.717, 1.165) is 31.6 Å². The third-order valence-corrected chi connectivity index (χ3v) is 10.1. The second-order valence-electron chi connectivity index (χ2n) is 11.9. The molecule has 0 bridgehead atoms. The van der Waals surface area contributed by atoms with Crippen molar-refractivity contribution in [1.29, 1.82) is 0 Å². The number of sulfone groups is 1. The predicted molar refractivity (Wildman–Crippen MR) is 169 cm³/mol. The summed E-state index contributed by atoms with van der Waals surface area (Å²) in [5, 5.41) is 16.3. The van der Waals surface area contributed by atoms with Crippen LogP contribution in [0.3, 0.4) is 0 Å². The van der Waals surface area contributed by atoms with Crippen LogP contribution in [0.25, 0.3) is 0 Å². The summed E-state index contributed by atoms with van der Waals surface area (Å²) < 4.78 is 38.4. The van der Waals surface area contributed by atoms with Gasteiger partial charge in [0.25, 0.3) is 5.91 Å². The van der Waals surface area contributed by atoms with Crippen molar-refractivity contribution in [2.45, 2.75) is 55.5 Å². The molecule has 2 heterocycles. The van der Waals surface area contributed by atoms with Crippen molar-refractivity contribution in [3.05, 3.63) is 66.5 Å². The van der Waals surface area contributed by atoms with Gasteiger partial charge in [0.05, 0.1) is 30.8 Å². The van der Waals surface area contributed by atoms with Crippen molar-refractivity contribution in [3.63, 3.8) is 0 Å². The molecule has 0 saturated carbocycles. The van der Waals surface area contributed by atoms with E-state index < -0.39 is 38.0 Å². The number of benzene rings is 2. The molecule has 1 fully saturated rings. The van der Waals surface area contributed by atoms with E-state index in [1.54, 1.807) is 57.4 Å². The Morgan fingerprint density at radius 2 is 1.64 bits per heavy atom. The molecule has 1 unspecified atom stereocenters. The minimum absolute atomic E-state index is 0.150. The van der Waals surface area contributed by atoms with Gasteiger partial charge in [-0.3, -0.25) is 4.79 Å². The molecule has 14 heteroatoms. The normalized spacial score (nSPS) is 16.3. The fourth-order valence-electron chi connectivity index (χ4n) is 5.43. The first kappa shape index (κ1) is 33.5. The van der Waals surface area contributed by atoms with Crippen molar-refractivity contribution >= 4 is 33.3 Å². The number of amides is 1. The monoisotopic (exact) mass is 640 g/mol. The first-order chi connectivity index (χ1) is 21.2. The zero-order valence-corrected chi connectivity index (χ0v) is 26.8. The van der Waals surface area contributed by atoms with E-state index in [1.807, 2.05) is 0 Å². The lowest BCUT2D eigenvalue weighted by Gasteiger charge is -2.41. The number of nitrogens with two attached hydrogens (primary N) is 1. The average molecular weight is 641 g/mol. The molecule has 0 radical (unpaired) electrons. The largest absolute Gasteiger partial charge is 0.497 e. The number of nitrogens with zero attached hydrogens (tertiary/aromatic N) is 3. The number of carboxylic acid groups (broad SMARTS) is 1. The fraction of sp³-hybridized carbons (Fsp3) is 0.419. The summed E-state index contributed by atoms with van der Waals surface area (Å²) in [7, 11) is -1.81. The molecular weight excluding hydrogens is 600 g/mol. The molecular formula is C31H40N6O7S. The average Bonchev–Trinajstić information content (AvgIpc) is 3.03. The first-order valence-electron chi connectivity index (χ1n) is 14.4. The molecule has 1 aliphatic rings. The highest BCUT2D eigenvalue weighted by Crippen LogP contribution is 2.36. The molecule has 13 nitrogen and oxygen atoms in total. The number of methoxy groups -OCH3 is 2. The summed E-state index contributed by atoms with van der Waals surface area (Å²) in [6.07, 6.45) is 5.03. The number of nitrogens with one attached hydrogen (secondary N) is 2. The molecule has 1 amide bonds. The number of ether oxygens (including phenoxy) is 2. The van der Waals surface area contributed by atoms with Crippen LogP contribution >= 0.6 is 0 Å². The second-order valence-corrected chi connectivity index (χ2v) is 14.1. The predicted octanol–water partition coefficient (Wildman–Crippen LogP) is 2.93. The van der Waals surface area contributed by atoms with Crippen LogP contribution in [0.4, 0.5) is 11.6 Å². The Kier molecular flexibility index (Phi) is 9.88. The molecule has 0 spiro atoms. The number of piperidine rings is 1. The maximum Gasteiger partial charge on any atom is 0.342 e. The summed E-state index contributed by atoms with van der Waals surface area (Å²) in [5.74, 6) is -1.10. The van der Waals surface area contributed by atoms with Gasteiger partial charge in [0.15, 0.2) is 0 Å². The van der Waals surface area contributed by atoms with Crippen LogP contribution < -0.4 is 30.7 Å². The van der Waals surface area contributed by atoms with Crippen molar-refractivity contribution in [1.82, 2.24) is 15.3 Å². The van der Waals surface area contributed by atoms with Crippen LogP contribution in [-0.2, 0) is 14.6 Å². The molecule has 45 heavy (non-hydrogen) atoms. The van der Waals surface area contributed by atoms with E-state index in [0.29, 0.717) is 17.4 Å². The molecule has 2 atom stereocenters. The van der Waals surface area contributed by atoms with Crippen LogP contribution in [0.1, 0.15) is 44.0 Å². The summed E-state index contributed by atoms with van der Waals surface area (Å²) in [4.78, 5) is 33.7. The lowest BCUT2D eigenvalue weighted by atomic mass is 9.81. The van der Waals surface area contributed by atoms with E-state index in [1.165, 1.54) is 38.5 Å². The number of aromatic nitrogens is 2. The number of carbonyl (C=O) groups is 2. The fourth-order valence-corrected chi connectivity index (χ4v) is 7.26. The lowest BCUT2D eigenvalue weighted by molar-refractivity contribution is -0.141. The highest BCUT2D eigenvalue weighted by molar-refractivity contribution is 7.93. The lowest BCUT2D eigenvalue weighted by Crippen LogP contribution is -2.71. The van der Waals surface area contributed by atoms with Crippen molar-refractivity contribution in [2.75, 3.05) is 37.5 Å². The molecule has 2 aromatic carbocycles. The maximum atomic E-state index is 13.8. The summed E-state index contributed by atoms with van der Waals surface area (Å²) in [6.45, 7) is 6.26. The number of hydrogen-bond donors (Lipinski definition) is 4. The van der Waals surface area contributed by atoms with Gasteiger partial charge in [0, 0.05) is 37.1 Å². The van der Waals surface area contributed by atoms with Crippen molar-refractivity contribution in [2.24, 2.45) is 11.1 Å². The van der Waals surface area contributed by atoms with E-state index in [2.05, 4.69) is 25.5 Å². The summed E-state index contributed by atoms with van der Waals surface area (Å²) in [5.41, 5.74) is 6.17. The van der Waals surface area contributed by atoms with Crippen LogP contribution in [0.2, 0.25) is 0 Å². The van der Waals surface area contributed by atoms with Crippen LogP contribution in [0.15, 0.2) is 65.8 Å². The molecule has 1 aliphatic heterocycles. The topological polar surface area (TPSA) is 186 Å². The SMILES string of the molecule is COc1ccc(S(=O)(=O)[C@](N)(C(=O)O)C(NC(=O)c2ccc(N3CCC(Nc4ncccn4)CC3)c(OC)c2)C(C)(C)C)cc1. The van der Waals surface area contributed by atoms with Crippen molar-refractivity contribution in [3.8, 4) is 11.5 Å². The highest BCUT2D eigenvalue weighted by atomic mass is 32.2. The Morgan fingerprint density at radius 3 is 2.18 bits per heavy atom. The van der Waals surface area contributed by atoms with Gasteiger partial charge < -0.3 is 35.8 Å². The third-order valence-electron chi connectivity index (χ3n) is 7.90. The summed E-state index contributed by atoms with van der Waals surface area (Å²) >= 11 is 0. The number of aliphatic carboxylic acids is 1. The van der Waals surface area contributed by atoms with Gasteiger partial charge >= 0.3 is 5.97 Å². The van der Waals surface area contributed by atoms with E-state index in [-0.39, 0.29) is 16.5 Å². The van der Waals surface area contributed by atoms with E-state index >= 15 is 0 Å². The molecule has 4 rings (SSSR count). The molecule has 5 N–H and O–H groups in total. The Labute approximate surface area is 263 Å². The van der Waals surface area contributed by atoms with Gasteiger partial charge in [-0.05, 0) is 66.8 Å². The minimum atomic E-state index is -4.73. The summed E-state index contributed by atoms with van der Waals surface area (Å²) in [6, 6.07) is 10.5. The van der Waals surface area contributed by atoms with Crippen LogP contribution in [0, 0.1) is 5.41 Å². The third kappa shape index (κ3) is 6.96. The van der Waals surface area contributed by atoms with Crippen LogP contribution in [0.5, 0.6) is 11.5 Å². The quantitative estimate of drug-likeness (QED) is 0.240. The number of hydrogen-bond acceptors (Lipinski definition) is 11. The highest BCUT2D eigenvalue weighted by Gasteiger charge is 2.58. The smallest absolute Gasteiger partial charge is 0.342 e. The Balaban J connectivity index is 1.57. The second kappa shape index (κ2) is 13.3. The van der Waals surface area contributed by atoms with E-state index in [4.69, 9.17) is 15.2 Å². The minimum Gasteiger partial charge on any atom is -0.497 e. The molecule has 0 aliphatic carbocycles. The first-order valence-corrected chi connectivity index (χ1v) is 15.9. The molecule has 1 saturated heterocycles. The number of anilines is 2. The molecule has 1 aromatic heterocycles. The van der Waals surface area contributed by atoms with Gasteiger partial charge in [-0.25, -0.2) is 23.2 Å². The Hall–Kier alpha value is -4.43. The molecule has 242 valence electrons. The standard InChI is InChI=1S/C31H40N6O7S/c1-30(2,3)27(31(32,28(39)40)45(41,42)23-10-8-22(43-4)9-11-23)36-26(38)20-7-12-24(25(19-20)44-5)37-17-13-21(14-18-37)35-29-33-15-6-16-34-29/h6-12,15-16,19,21,27H,13-14,17-18,32H2,1-5H3,(H,36,38)(H,39,40)(H,33,34,35)/t27?,31-/m0/s1. The maximum absolute atomic E-state index is 13.8.